The molecule has 2 heterocycles. The normalized spacial score (nSPS) is 13.7. The maximum atomic E-state index is 12.5. The van der Waals surface area contributed by atoms with E-state index in [1.807, 2.05) is 60.0 Å². The Morgan fingerprint density at radius 2 is 1.93 bits per heavy atom. The number of rotatable bonds is 6. The monoisotopic (exact) mass is 409 g/mol. The molecule has 1 aliphatic heterocycles. The first kappa shape index (κ1) is 18.7. The van der Waals surface area contributed by atoms with Crippen LogP contribution < -0.4 is 10.2 Å². The summed E-state index contributed by atoms with van der Waals surface area (Å²) in [6.07, 6.45) is 1.41. The third kappa shape index (κ3) is 4.26. The maximum Gasteiger partial charge on any atom is 0.234 e. The van der Waals surface area contributed by atoms with Gasteiger partial charge in [0.05, 0.1) is 22.8 Å². The Kier molecular flexibility index (Phi) is 5.73. The maximum absolute atomic E-state index is 12.5. The molecule has 0 radical (unpaired) electrons. The molecule has 0 saturated carbocycles. The van der Waals surface area contributed by atoms with Crippen molar-refractivity contribution in [1.29, 1.82) is 0 Å². The van der Waals surface area contributed by atoms with Crippen molar-refractivity contribution >= 4 is 46.3 Å². The van der Waals surface area contributed by atoms with Crippen molar-refractivity contribution in [2.24, 2.45) is 0 Å². The number of carbonyl (C=O) groups is 2. The summed E-state index contributed by atoms with van der Waals surface area (Å²) in [7, 11) is 0. The Balaban J connectivity index is 1.38. The van der Waals surface area contributed by atoms with Crippen LogP contribution in [-0.4, -0.2) is 29.1 Å². The number of nitrogens with zero attached hydrogens (tertiary/aromatic N) is 2. The van der Waals surface area contributed by atoms with Crippen molar-refractivity contribution in [3.63, 3.8) is 0 Å². The van der Waals surface area contributed by atoms with E-state index < -0.39 is 0 Å². The molecular weight excluding hydrogens is 390 g/mol. The molecule has 0 aliphatic carbocycles. The third-order valence-corrected chi connectivity index (χ3v) is 6.44. The van der Waals surface area contributed by atoms with Gasteiger partial charge >= 0.3 is 0 Å². The summed E-state index contributed by atoms with van der Waals surface area (Å²) in [6.45, 7) is 0.696. The summed E-state index contributed by atoms with van der Waals surface area (Å²) in [5, 5.41) is 4.94. The predicted molar refractivity (Wildman–Crippen MR) is 115 cm³/mol. The van der Waals surface area contributed by atoms with Crippen LogP contribution in [0.3, 0.4) is 0 Å². The quantitative estimate of drug-likeness (QED) is 0.601. The van der Waals surface area contributed by atoms with Gasteiger partial charge in [0.15, 0.2) is 4.34 Å². The van der Waals surface area contributed by atoms with Gasteiger partial charge in [0.1, 0.15) is 0 Å². The highest BCUT2D eigenvalue weighted by Crippen LogP contribution is 2.31. The SMILES string of the molecule is O=C(CSc1nc(-c2ccccc2)cs1)Nc1ccccc1N1CCCC1=O. The van der Waals surface area contributed by atoms with Crippen LogP contribution in [-0.2, 0) is 9.59 Å². The van der Waals surface area contributed by atoms with Gasteiger partial charge in [0.25, 0.3) is 0 Å². The van der Waals surface area contributed by atoms with E-state index in [4.69, 9.17) is 0 Å². The molecule has 3 aromatic rings. The van der Waals surface area contributed by atoms with Gasteiger partial charge in [0.2, 0.25) is 11.8 Å². The zero-order valence-corrected chi connectivity index (χ0v) is 16.8. The summed E-state index contributed by atoms with van der Waals surface area (Å²) in [4.78, 5) is 30.8. The van der Waals surface area contributed by atoms with Gasteiger partial charge in [0, 0.05) is 23.9 Å². The lowest BCUT2D eigenvalue weighted by atomic mass is 10.2. The summed E-state index contributed by atoms with van der Waals surface area (Å²) < 4.78 is 0.858. The molecule has 2 aromatic carbocycles. The molecular formula is C21H19N3O2S2. The second kappa shape index (κ2) is 8.58. The van der Waals surface area contributed by atoms with Gasteiger partial charge in [-0.1, -0.05) is 54.2 Å². The number of thioether (sulfide) groups is 1. The van der Waals surface area contributed by atoms with E-state index in [0.29, 0.717) is 18.7 Å². The fraction of sp³-hybridized carbons (Fsp3) is 0.190. The molecule has 2 amide bonds. The number of benzene rings is 2. The van der Waals surface area contributed by atoms with Gasteiger partial charge in [-0.2, -0.15) is 0 Å². The smallest absolute Gasteiger partial charge is 0.234 e. The van der Waals surface area contributed by atoms with Crippen LogP contribution in [0.2, 0.25) is 0 Å². The number of aromatic nitrogens is 1. The molecule has 0 unspecified atom stereocenters. The number of nitrogens with one attached hydrogen (secondary N) is 1. The lowest BCUT2D eigenvalue weighted by Gasteiger charge is -2.19. The van der Waals surface area contributed by atoms with Gasteiger partial charge in [-0.3, -0.25) is 9.59 Å². The summed E-state index contributed by atoms with van der Waals surface area (Å²) in [6, 6.07) is 17.4. The largest absolute Gasteiger partial charge is 0.324 e. The molecule has 142 valence electrons. The van der Waals surface area contributed by atoms with Gasteiger partial charge < -0.3 is 10.2 Å². The number of para-hydroxylation sites is 2. The van der Waals surface area contributed by atoms with Gasteiger partial charge in [-0.05, 0) is 18.6 Å². The van der Waals surface area contributed by atoms with E-state index >= 15 is 0 Å². The molecule has 28 heavy (non-hydrogen) atoms. The van der Waals surface area contributed by atoms with Crippen LogP contribution in [0.15, 0.2) is 64.3 Å². The Hall–Kier alpha value is -2.64. The zero-order valence-electron chi connectivity index (χ0n) is 15.1. The summed E-state index contributed by atoms with van der Waals surface area (Å²) >= 11 is 2.95. The number of amides is 2. The van der Waals surface area contributed by atoms with E-state index in [9.17, 15) is 9.59 Å². The number of anilines is 2. The highest BCUT2D eigenvalue weighted by molar-refractivity contribution is 8.01. The van der Waals surface area contributed by atoms with Crippen LogP contribution in [0.4, 0.5) is 11.4 Å². The molecule has 1 saturated heterocycles. The number of hydrogen-bond acceptors (Lipinski definition) is 5. The minimum absolute atomic E-state index is 0.104. The Labute approximate surface area is 171 Å². The van der Waals surface area contributed by atoms with E-state index in [-0.39, 0.29) is 17.6 Å². The molecule has 1 fully saturated rings. The van der Waals surface area contributed by atoms with Crippen LogP contribution in [0.5, 0.6) is 0 Å². The second-order valence-corrected chi connectivity index (χ2v) is 8.45. The molecule has 5 nitrogen and oxygen atoms in total. The lowest BCUT2D eigenvalue weighted by molar-refractivity contribution is -0.117. The molecule has 7 heteroatoms. The standard InChI is InChI=1S/C21H19N3O2S2/c25-19(14-28-21-23-17(13-27-21)15-7-2-1-3-8-15)22-16-9-4-5-10-18(16)24-12-6-11-20(24)26/h1-5,7-10,13H,6,11-12,14H2,(H,22,25). The van der Waals surface area contributed by atoms with E-state index in [1.54, 1.807) is 4.90 Å². The van der Waals surface area contributed by atoms with Crippen molar-refractivity contribution in [3.05, 3.63) is 60.0 Å². The van der Waals surface area contributed by atoms with Crippen molar-refractivity contribution in [1.82, 2.24) is 4.98 Å². The second-order valence-electron chi connectivity index (χ2n) is 6.37. The van der Waals surface area contributed by atoms with Crippen molar-refractivity contribution in [2.75, 3.05) is 22.5 Å². The van der Waals surface area contributed by atoms with Crippen LogP contribution in [0.25, 0.3) is 11.3 Å². The number of carbonyl (C=O) groups excluding carboxylic acids is 2. The fourth-order valence-corrected chi connectivity index (χ4v) is 4.73. The summed E-state index contributed by atoms with van der Waals surface area (Å²) in [5.41, 5.74) is 3.43. The zero-order chi connectivity index (χ0) is 19.3. The lowest BCUT2D eigenvalue weighted by Crippen LogP contribution is -2.25. The Bertz CT molecular complexity index is 988. The van der Waals surface area contributed by atoms with Crippen molar-refractivity contribution in [3.8, 4) is 11.3 Å². The number of thiazole rings is 1. The highest BCUT2D eigenvalue weighted by atomic mass is 32.2. The first-order valence-corrected chi connectivity index (χ1v) is 10.9. The van der Waals surface area contributed by atoms with Gasteiger partial charge in [-0.15, -0.1) is 11.3 Å². The third-order valence-electron chi connectivity index (χ3n) is 4.42. The van der Waals surface area contributed by atoms with Crippen LogP contribution in [0.1, 0.15) is 12.8 Å². The average molecular weight is 410 g/mol. The molecule has 0 bridgehead atoms. The highest BCUT2D eigenvalue weighted by Gasteiger charge is 2.24. The first-order valence-electron chi connectivity index (χ1n) is 9.04. The summed E-state index contributed by atoms with van der Waals surface area (Å²) in [5.74, 6) is 0.261. The van der Waals surface area contributed by atoms with E-state index in [2.05, 4.69) is 10.3 Å². The van der Waals surface area contributed by atoms with E-state index in [0.717, 1.165) is 27.7 Å². The number of hydrogen-bond donors (Lipinski definition) is 1. The van der Waals surface area contributed by atoms with E-state index in [1.165, 1.54) is 23.1 Å². The molecule has 1 aliphatic rings. The fourth-order valence-electron chi connectivity index (χ4n) is 3.10. The molecule has 4 rings (SSSR count). The van der Waals surface area contributed by atoms with Gasteiger partial charge in [-0.25, -0.2) is 4.98 Å². The molecule has 0 spiro atoms. The molecule has 1 aromatic heterocycles. The average Bonchev–Trinajstić information content (AvgIpc) is 3.37. The Morgan fingerprint density at radius 1 is 1.14 bits per heavy atom. The minimum Gasteiger partial charge on any atom is -0.324 e. The van der Waals surface area contributed by atoms with Crippen LogP contribution >= 0.6 is 23.1 Å². The predicted octanol–water partition coefficient (Wildman–Crippen LogP) is 4.67. The van der Waals surface area contributed by atoms with Crippen LogP contribution in [0, 0.1) is 0 Å². The molecule has 1 N–H and O–H groups in total. The first-order chi connectivity index (χ1) is 13.7. The Morgan fingerprint density at radius 3 is 2.71 bits per heavy atom. The van der Waals surface area contributed by atoms with Crippen molar-refractivity contribution in [2.45, 2.75) is 17.2 Å². The topological polar surface area (TPSA) is 62.3 Å². The molecule has 0 atom stereocenters. The minimum atomic E-state index is -0.111. The van der Waals surface area contributed by atoms with Crippen molar-refractivity contribution < 1.29 is 9.59 Å².